The molecule has 0 amide bonds. The first-order valence-electron chi connectivity index (χ1n) is 5.52. The smallest absolute Gasteiger partial charge is 0.358 e. The van der Waals surface area contributed by atoms with Gasteiger partial charge in [-0.25, -0.2) is 14.2 Å². The van der Waals surface area contributed by atoms with Crippen LogP contribution < -0.4 is 0 Å². The molecule has 0 atom stereocenters. The fraction of sp³-hybridized carbons (Fsp3) is 0.154. The van der Waals surface area contributed by atoms with Crippen molar-refractivity contribution in [1.82, 2.24) is 4.98 Å². The van der Waals surface area contributed by atoms with Gasteiger partial charge in [-0.2, -0.15) is 0 Å². The predicted octanol–water partition coefficient (Wildman–Crippen LogP) is 2.64. The molecule has 104 valence electrons. The van der Waals surface area contributed by atoms with Crippen LogP contribution >= 0.6 is 11.3 Å². The molecule has 1 aromatic carbocycles. The second-order valence-electron chi connectivity index (χ2n) is 3.94. The van der Waals surface area contributed by atoms with Gasteiger partial charge in [-0.1, -0.05) is 0 Å². The van der Waals surface area contributed by atoms with E-state index in [-0.39, 0.29) is 32.7 Å². The largest absolute Gasteiger partial charge is 0.508 e. The molecule has 2 aromatic rings. The van der Waals surface area contributed by atoms with Crippen LogP contribution in [0.5, 0.6) is 5.75 Å². The molecule has 0 saturated carbocycles. The monoisotopic (exact) mass is 295 g/mol. The van der Waals surface area contributed by atoms with Gasteiger partial charge in [0.15, 0.2) is 11.5 Å². The molecule has 5 nitrogen and oxygen atoms in total. The molecule has 0 fully saturated rings. The molecule has 0 unspecified atom stereocenters. The highest BCUT2D eigenvalue weighted by Crippen LogP contribution is 2.31. The average Bonchev–Trinajstić information content (AvgIpc) is 2.81. The van der Waals surface area contributed by atoms with Gasteiger partial charge >= 0.3 is 5.97 Å². The molecule has 1 aromatic heterocycles. The zero-order valence-corrected chi connectivity index (χ0v) is 11.5. The summed E-state index contributed by atoms with van der Waals surface area (Å²) in [5.41, 5.74) is 0.175. The van der Waals surface area contributed by atoms with E-state index in [1.165, 1.54) is 20.1 Å². The number of hydrogen-bond donors (Lipinski definition) is 1. The molecule has 20 heavy (non-hydrogen) atoms. The lowest BCUT2D eigenvalue weighted by Gasteiger charge is -1.98. The number of phenols is 1. The van der Waals surface area contributed by atoms with Crippen molar-refractivity contribution in [2.75, 3.05) is 7.11 Å². The van der Waals surface area contributed by atoms with Gasteiger partial charge in [0.25, 0.3) is 0 Å². The Hall–Kier alpha value is -2.28. The number of phenolic OH excluding ortho intramolecular Hbond substituents is 1. The van der Waals surface area contributed by atoms with E-state index < -0.39 is 11.8 Å². The molecule has 0 spiro atoms. The van der Waals surface area contributed by atoms with Crippen LogP contribution in [0.3, 0.4) is 0 Å². The summed E-state index contributed by atoms with van der Waals surface area (Å²) in [6, 6.07) is 3.40. The Balaban J connectivity index is 2.58. The second kappa shape index (κ2) is 5.38. The molecular weight excluding hydrogens is 285 g/mol. The lowest BCUT2D eigenvalue weighted by molar-refractivity contribution is 0.0591. The van der Waals surface area contributed by atoms with Crippen LogP contribution in [0, 0.1) is 5.82 Å². The summed E-state index contributed by atoms with van der Waals surface area (Å²) in [7, 11) is 1.18. The lowest BCUT2D eigenvalue weighted by Crippen LogP contribution is -2.06. The van der Waals surface area contributed by atoms with E-state index in [1.807, 2.05) is 0 Å². The van der Waals surface area contributed by atoms with Crippen LogP contribution in [0.15, 0.2) is 18.2 Å². The first-order chi connectivity index (χ1) is 9.42. The fourth-order valence-electron chi connectivity index (χ4n) is 1.61. The maximum absolute atomic E-state index is 13.3. The number of aromatic nitrogens is 1. The van der Waals surface area contributed by atoms with Crippen LogP contribution in [0.25, 0.3) is 10.6 Å². The number of nitrogens with zero attached hydrogens (tertiary/aromatic N) is 1. The number of ether oxygens (including phenoxy) is 1. The lowest BCUT2D eigenvalue weighted by atomic mass is 10.2. The quantitative estimate of drug-likeness (QED) is 0.696. The van der Waals surface area contributed by atoms with E-state index in [2.05, 4.69) is 9.72 Å². The van der Waals surface area contributed by atoms with Crippen molar-refractivity contribution >= 4 is 23.1 Å². The van der Waals surface area contributed by atoms with Gasteiger partial charge in [0.05, 0.1) is 7.11 Å². The third-order valence-corrected chi connectivity index (χ3v) is 3.66. The van der Waals surface area contributed by atoms with Crippen molar-refractivity contribution in [2.45, 2.75) is 6.92 Å². The van der Waals surface area contributed by atoms with Crippen LogP contribution in [0.4, 0.5) is 4.39 Å². The Labute approximate surface area is 117 Å². The molecule has 1 heterocycles. The summed E-state index contributed by atoms with van der Waals surface area (Å²) in [4.78, 5) is 27.2. The van der Waals surface area contributed by atoms with Gasteiger partial charge < -0.3 is 9.84 Å². The third kappa shape index (κ3) is 2.67. The van der Waals surface area contributed by atoms with Gasteiger partial charge in [0.2, 0.25) is 0 Å². The van der Waals surface area contributed by atoms with Gasteiger partial charge in [0, 0.05) is 18.6 Å². The average molecular weight is 295 g/mol. The predicted molar refractivity (Wildman–Crippen MR) is 70.5 cm³/mol. The highest BCUT2D eigenvalue weighted by molar-refractivity contribution is 7.17. The summed E-state index contributed by atoms with van der Waals surface area (Å²) in [5.74, 6) is -1.98. The van der Waals surface area contributed by atoms with Crippen LogP contribution in [-0.2, 0) is 4.74 Å². The number of aromatic hydroxyl groups is 1. The molecule has 7 heteroatoms. The highest BCUT2D eigenvalue weighted by atomic mass is 32.1. The number of carbonyl (C=O) groups excluding carboxylic acids is 2. The number of halogens is 1. The Morgan fingerprint density at radius 1 is 1.35 bits per heavy atom. The number of ketones is 1. The molecule has 0 radical (unpaired) electrons. The van der Waals surface area contributed by atoms with E-state index >= 15 is 0 Å². The number of Topliss-reactive ketones (excluding diaryl/α,β-unsaturated/α-hetero) is 1. The Bertz CT molecular complexity index is 675. The number of esters is 1. The molecule has 1 N–H and O–H groups in total. The topological polar surface area (TPSA) is 76.5 Å². The fourth-order valence-corrected chi connectivity index (χ4v) is 2.55. The Morgan fingerprint density at radius 2 is 2.05 bits per heavy atom. The molecule has 0 bridgehead atoms. The van der Waals surface area contributed by atoms with E-state index in [0.29, 0.717) is 0 Å². The minimum absolute atomic E-state index is 0.108. The van der Waals surface area contributed by atoms with E-state index in [1.54, 1.807) is 0 Å². The zero-order valence-electron chi connectivity index (χ0n) is 10.6. The number of carbonyl (C=O) groups is 2. The van der Waals surface area contributed by atoms with Crippen molar-refractivity contribution in [3.63, 3.8) is 0 Å². The molecular formula is C13H10FNO4S. The van der Waals surface area contributed by atoms with Crippen LogP contribution in [0.1, 0.15) is 27.1 Å². The van der Waals surface area contributed by atoms with Gasteiger partial charge in [-0.15, -0.1) is 11.3 Å². The van der Waals surface area contributed by atoms with Crippen molar-refractivity contribution < 1.29 is 23.8 Å². The minimum atomic E-state index is -0.738. The molecule has 0 aliphatic rings. The van der Waals surface area contributed by atoms with Crippen molar-refractivity contribution in [1.29, 1.82) is 0 Å². The van der Waals surface area contributed by atoms with E-state index in [4.69, 9.17) is 0 Å². The van der Waals surface area contributed by atoms with Crippen LogP contribution in [-0.4, -0.2) is 29.0 Å². The normalized spacial score (nSPS) is 10.3. The number of hydrogen-bond acceptors (Lipinski definition) is 6. The number of benzene rings is 1. The minimum Gasteiger partial charge on any atom is -0.508 e. The number of thiazole rings is 1. The van der Waals surface area contributed by atoms with E-state index in [0.717, 1.165) is 23.5 Å². The maximum Gasteiger partial charge on any atom is 0.358 e. The van der Waals surface area contributed by atoms with Crippen molar-refractivity contribution in [3.8, 4) is 16.3 Å². The maximum atomic E-state index is 13.3. The standard InChI is InChI=1S/C13H10FNO4S/c1-6(16)11-10(13(18)19-2)15-12(20-11)7-3-8(14)5-9(17)4-7/h3-5,17H,1-2H3. The highest BCUT2D eigenvalue weighted by Gasteiger charge is 2.22. The van der Waals surface area contributed by atoms with E-state index in [9.17, 15) is 19.1 Å². The Kier molecular flexibility index (Phi) is 3.80. The Morgan fingerprint density at radius 3 is 2.60 bits per heavy atom. The van der Waals surface area contributed by atoms with Gasteiger partial charge in [-0.3, -0.25) is 4.79 Å². The summed E-state index contributed by atoms with van der Waals surface area (Å²) < 4.78 is 17.8. The third-order valence-electron chi connectivity index (χ3n) is 2.46. The number of methoxy groups -OCH3 is 1. The summed E-state index contributed by atoms with van der Waals surface area (Å²) in [6.07, 6.45) is 0. The SMILES string of the molecule is COC(=O)c1nc(-c2cc(O)cc(F)c2)sc1C(C)=O. The van der Waals surface area contributed by atoms with Crippen molar-refractivity contribution in [3.05, 3.63) is 34.6 Å². The first kappa shape index (κ1) is 14.1. The first-order valence-corrected chi connectivity index (χ1v) is 6.34. The number of rotatable bonds is 3. The van der Waals surface area contributed by atoms with Gasteiger partial charge in [-0.05, 0) is 12.1 Å². The molecule has 0 saturated heterocycles. The summed E-state index contributed by atoms with van der Waals surface area (Å²) in [6.45, 7) is 1.30. The van der Waals surface area contributed by atoms with Gasteiger partial charge in [0.1, 0.15) is 21.5 Å². The van der Waals surface area contributed by atoms with Crippen molar-refractivity contribution in [2.24, 2.45) is 0 Å². The molecule has 2 rings (SSSR count). The molecule has 0 aliphatic carbocycles. The molecule has 0 aliphatic heterocycles. The summed E-state index contributed by atoms with van der Waals surface area (Å²) >= 11 is 0.943. The zero-order chi connectivity index (χ0) is 14.9. The second-order valence-corrected chi connectivity index (χ2v) is 4.94. The summed E-state index contributed by atoms with van der Waals surface area (Å²) in [5, 5.41) is 9.63. The van der Waals surface area contributed by atoms with Crippen LogP contribution in [0.2, 0.25) is 0 Å².